The third kappa shape index (κ3) is 3.72. The highest BCUT2D eigenvalue weighted by atomic mass is 32.2. The number of methoxy groups -OCH3 is 1. The highest BCUT2D eigenvalue weighted by Gasteiger charge is 2.27. The topological polar surface area (TPSA) is 81.2 Å². The van der Waals surface area contributed by atoms with Gasteiger partial charge in [-0.15, -0.1) is 11.8 Å². The van der Waals surface area contributed by atoms with Crippen LogP contribution in [0.2, 0.25) is 0 Å². The van der Waals surface area contributed by atoms with Gasteiger partial charge in [-0.1, -0.05) is 18.2 Å². The number of rotatable bonds is 3. The van der Waals surface area contributed by atoms with Gasteiger partial charge in [0.2, 0.25) is 5.91 Å². The van der Waals surface area contributed by atoms with E-state index in [0.717, 1.165) is 38.8 Å². The van der Waals surface area contributed by atoms with E-state index in [1.165, 1.54) is 18.7 Å². The van der Waals surface area contributed by atoms with Crippen molar-refractivity contribution in [3.05, 3.63) is 69.9 Å². The maximum Gasteiger partial charge on any atom is 0.217 e. The van der Waals surface area contributed by atoms with E-state index in [-0.39, 0.29) is 17.4 Å². The minimum atomic E-state index is -0.283. The molecule has 7 heteroatoms. The van der Waals surface area contributed by atoms with Gasteiger partial charge in [0.1, 0.15) is 16.8 Å². The number of aromatic nitrogens is 2. The molecular formula is C26H23N3O3S. The second-order valence-electron chi connectivity index (χ2n) is 8.09. The van der Waals surface area contributed by atoms with Gasteiger partial charge in [-0.3, -0.25) is 9.59 Å². The number of hydrogen-bond acceptors (Lipinski definition) is 6. The molecule has 1 heterocycles. The van der Waals surface area contributed by atoms with Crippen molar-refractivity contribution in [2.45, 2.75) is 30.7 Å². The SMILES string of the molecule is COc1cc2c(c3nc4ccccc4nc13)-c1ccc(SC)c(=O)cc1[C@@H](NC(C)=O)CC2. The van der Waals surface area contributed by atoms with E-state index in [1.807, 2.05) is 48.7 Å². The third-order valence-corrected chi connectivity index (χ3v) is 6.85. The number of aryl methyl sites for hydroxylation is 1. The molecule has 0 saturated heterocycles. The number of hydrogen-bond donors (Lipinski definition) is 1. The molecule has 1 aliphatic rings. The van der Waals surface area contributed by atoms with Crippen LogP contribution >= 0.6 is 11.8 Å². The first kappa shape index (κ1) is 21.4. The quantitative estimate of drug-likeness (QED) is 0.356. The Labute approximate surface area is 195 Å². The molecule has 1 amide bonds. The summed E-state index contributed by atoms with van der Waals surface area (Å²) in [5.41, 5.74) is 6.62. The molecule has 0 spiro atoms. The fourth-order valence-electron chi connectivity index (χ4n) is 4.61. The number of para-hydroxylation sites is 2. The molecule has 0 fully saturated rings. The van der Waals surface area contributed by atoms with Gasteiger partial charge in [0, 0.05) is 12.5 Å². The Morgan fingerprint density at radius 3 is 2.48 bits per heavy atom. The number of carbonyl (C=O) groups excluding carboxylic acids is 1. The smallest absolute Gasteiger partial charge is 0.217 e. The predicted octanol–water partition coefficient (Wildman–Crippen LogP) is 4.66. The second kappa shape index (κ2) is 8.48. The Hall–Kier alpha value is -3.45. The van der Waals surface area contributed by atoms with Crippen molar-refractivity contribution < 1.29 is 9.53 Å². The average Bonchev–Trinajstić information content (AvgIpc) is 3.05. The van der Waals surface area contributed by atoms with Gasteiger partial charge in [-0.2, -0.15) is 0 Å². The fourth-order valence-corrected chi connectivity index (χ4v) is 5.08. The summed E-state index contributed by atoms with van der Waals surface area (Å²) in [5.74, 6) is 0.533. The van der Waals surface area contributed by atoms with Crippen LogP contribution in [-0.4, -0.2) is 29.2 Å². The summed E-state index contributed by atoms with van der Waals surface area (Å²) < 4.78 is 5.71. The molecule has 166 valence electrons. The number of carbonyl (C=O) groups is 1. The van der Waals surface area contributed by atoms with Gasteiger partial charge in [-0.25, -0.2) is 9.97 Å². The molecule has 3 aromatic carbocycles. The van der Waals surface area contributed by atoms with Crippen molar-refractivity contribution in [1.29, 1.82) is 0 Å². The van der Waals surface area contributed by atoms with E-state index in [2.05, 4.69) is 5.32 Å². The first-order chi connectivity index (χ1) is 16.0. The molecule has 0 radical (unpaired) electrons. The van der Waals surface area contributed by atoms with Gasteiger partial charge < -0.3 is 10.1 Å². The summed E-state index contributed by atoms with van der Waals surface area (Å²) in [5, 5.41) is 3.05. The van der Waals surface area contributed by atoms with Crippen molar-refractivity contribution in [2.75, 3.05) is 13.4 Å². The lowest BCUT2D eigenvalue weighted by Gasteiger charge is -2.17. The zero-order valence-electron chi connectivity index (χ0n) is 18.6. The zero-order valence-corrected chi connectivity index (χ0v) is 19.5. The summed E-state index contributed by atoms with van der Waals surface area (Å²) >= 11 is 1.41. The summed E-state index contributed by atoms with van der Waals surface area (Å²) in [4.78, 5) is 35.5. The molecule has 1 N–H and O–H groups in total. The molecule has 0 aliphatic heterocycles. The molecule has 0 unspecified atom stereocenters. The summed E-state index contributed by atoms with van der Waals surface area (Å²) in [7, 11) is 1.64. The second-order valence-corrected chi connectivity index (χ2v) is 8.94. The minimum Gasteiger partial charge on any atom is -0.494 e. The van der Waals surface area contributed by atoms with Crippen LogP contribution < -0.4 is 15.5 Å². The largest absolute Gasteiger partial charge is 0.494 e. The van der Waals surface area contributed by atoms with E-state index in [9.17, 15) is 9.59 Å². The Bertz CT molecular complexity index is 1490. The Morgan fingerprint density at radius 1 is 1.09 bits per heavy atom. The monoisotopic (exact) mass is 457 g/mol. The van der Waals surface area contributed by atoms with E-state index in [1.54, 1.807) is 13.2 Å². The van der Waals surface area contributed by atoms with Crippen molar-refractivity contribution in [2.24, 2.45) is 0 Å². The molecule has 5 rings (SSSR count). The fraction of sp³-hybridized carbons (Fsp3) is 0.231. The number of nitrogens with zero attached hydrogens (tertiary/aromatic N) is 2. The number of fused-ring (bicyclic) bond motifs is 6. The lowest BCUT2D eigenvalue weighted by Crippen LogP contribution is -2.26. The molecule has 33 heavy (non-hydrogen) atoms. The molecule has 4 aromatic rings. The standard InChI is InChI=1S/C26H23N3O3S/c1-14(30)27-18-10-8-15-12-22(32-2)25-26(29-20-7-5-4-6-19(20)28-25)24(15)16-9-11-23(33-3)21(31)13-17(16)18/h4-7,9,11-13,18H,8,10H2,1-3H3,(H,27,30)/t18-/m0/s1. The molecule has 1 aromatic heterocycles. The maximum atomic E-state index is 12.9. The van der Waals surface area contributed by atoms with Crippen LogP contribution in [0.1, 0.15) is 30.5 Å². The number of thioether (sulfide) groups is 1. The molecule has 1 aliphatic carbocycles. The van der Waals surface area contributed by atoms with Crippen molar-refractivity contribution in [3.8, 4) is 16.9 Å². The van der Waals surface area contributed by atoms with Crippen LogP contribution in [0.5, 0.6) is 5.75 Å². The minimum absolute atomic E-state index is 0.0584. The Kier molecular flexibility index (Phi) is 5.50. The third-order valence-electron chi connectivity index (χ3n) is 6.07. The molecule has 1 atom stereocenters. The average molecular weight is 458 g/mol. The summed E-state index contributed by atoms with van der Waals surface area (Å²) in [6.45, 7) is 1.50. The summed E-state index contributed by atoms with van der Waals surface area (Å²) in [6.07, 6.45) is 3.25. The first-order valence-electron chi connectivity index (χ1n) is 10.8. The van der Waals surface area contributed by atoms with Crippen LogP contribution in [0.15, 0.2) is 58.2 Å². The molecule has 0 bridgehead atoms. The summed E-state index contributed by atoms with van der Waals surface area (Å²) in [6, 6.07) is 15.0. The number of amides is 1. The molecule has 0 saturated carbocycles. The van der Waals surface area contributed by atoms with E-state index < -0.39 is 0 Å². The normalized spacial score (nSPS) is 14.9. The number of nitrogens with one attached hydrogen (secondary N) is 1. The highest BCUT2D eigenvalue weighted by molar-refractivity contribution is 7.98. The van der Waals surface area contributed by atoms with Gasteiger partial charge in [0.25, 0.3) is 0 Å². The van der Waals surface area contributed by atoms with Crippen LogP contribution in [0.25, 0.3) is 33.2 Å². The van der Waals surface area contributed by atoms with Crippen LogP contribution in [0.3, 0.4) is 0 Å². The first-order valence-corrected chi connectivity index (χ1v) is 12.0. The lowest BCUT2D eigenvalue weighted by atomic mass is 9.95. The van der Waals surface area contributed by atoms with Gasteiger partial charge in [-0.05, 0) is 66.1 Å². The highest BCUT2D eigenvalue weighted by Crippen LogP contribution is 2.43. The molecular weight excluding hydrogens is 434 g/mol. The number of ether oxygens (including phenoxy) is 1. The van der Waals surface area contributed by atoms with Gasteiger partial charge in [0.05, 0.1) is 29.1 Å². The van der Waals surface area contributed by atoms with Crippen molar-refractivity contribution in [3.63, 3.8) is 0 Å². The Balaban J connectivity index is 1.92. The van der Waals surface area contributed by atoms with Crippen LogP contribution in [0, 0.1) is 0 Å². The van der Waals surface area contributed by atoms with Gasteiger partial charge in [0.15, 0.2) is 5.43 Å². The zero-order chi connectivity index (χ0) is 23.1. The van der Waals surface area contributed by atoms with Crippen LogP contribution in [-0.2, 0) is 11.2 Å². The number of benzene rings is 2. The van der Waals surface area contributed by atoms with E-state index in [4.69, 9.17) is 14.7 Å². The van der Waals surface area contributed by atoms with Crippen molar-refractivity contribution in [1.82, 2.24) is 15.3 Å². The molecule has 6 nitrogen and oxygen atoms in total. The maximum absolute atomic E-state index is 12.9. The van der Waals surface area contributed by atoms with E-state index in [0.29, 0.717) is 29.0 Å². The van der Waals surface area contributed by atoms with Crippen molar-refractivity contribution >= 4 is 39.7 Å². The predicted molar refractivity (Wildman–Crippen MR) is 132 cm³/mol. The van der Waals surface area contributed by atoms with Gasteiger partial charge >= 0.3 is 0 Å². The Morgan fingerprint density at radius 2 is 1.82 bits per heavy atom. The lowest BCUT2D eigenvalue weighted by molar-refractivity contribution is -0.119. The van der Waals surface area contributed by atoms with E-state index >= 15 is 0 Å². The van der Waals surface area contributed by atoms with Crippen LogP contribution in [0.4, 0.5) is 0 Å².